The number of hydrogen-bond acceptors (Lipinski definition) is 6. The Labute approximate surface area is 206 Å². The van der Waals surface area contributed by atoms with Crippen LogP contribution in [0.5, 0.6) is 5.75 Å². The summed E-state index contributed by atoms with van der Waals surface area (Å²) in [5.41, 5.74) is 1.49. The number of nitrogens with zero attached hydrogens (tertiary/aromatic N) is 4. The standard InChI is InChI=1S/C27H34N4O2S/c1-2-3-14-23-28-26(25-21-12-8-5-9-13-22(21)34-27(25)29-23)31-17-15-30(16-18-31)24(32)19-33-20-10-6-4-7-11-20/h4,6-7,10-11H,2-3,5,8-9,12-19H2,1H3. The van der Waals surface area contributed by atoms with Gasteiger partial charge >= 0.3 is 0 Å². The second-order valence-corrected chi connectivity index (χ2v) is 10.4. The fraction of sp³-hybridized carbons (Fsp3) is 0.519. The van der Waals surface area contributed by atoms with E-state index in [-0.39, 0.29) is 12.5 Å². The Balaban J connectivity index is 1.33. The number of piperazine rings is 1. The second-order valence-electron chi connectivity index (χ2n) is 9.28. The van der Waals surface area contributed by atoms with Crippen LogP contribution in [0.2, 0.25) is 0 Å². The van der Waals surface area contributed by atoms with E-state index < -0.39 is 0 Å². The number of hydrogen-bond donors (Lipinski definition) is 0. The maximum atomic E-state index is 12.7. The summed E-state index contributed by atoms with van der Waals surface area (Å²) in [6, 6.07) is 9.54. The van der Waals surface area contributed by atoms with Crippen LogP contribution in [-0.2, 0) is 24.1 Å². The highest BCUT2D eigenvalue weighted by atomic mass is 32.1. The smallest absolute Gasteiger partial charge is 0.260 e. The molecule has 1 fully saturated rings. The van der Waals surface area contributed by atoms with Crippen molar-refractivity contribution in [2.75, 3.05) is 37.7 Å². The van der Waals surface area contributed by atoms with Crippen molar-refractivity contribution in [2.24, 2.45) is 0 Å². The number of unbranched alkanes of at least 4 members (excludes halogenated alkanes) is 1. The van der Waals surface area contributed by atoms with Gasteiger partial charge in [0.15, 0.2) is 6.61 Å². The van der Waals surface area contributed by atoms with Crippen molar-refractivity contribution in [3.8, 4) is 5.75 Å². The molecule has 0 unspecified atom stereocenters. The molecule has 0 saturated carbocycles. The van der Waals surface area contributed by atoms with Gasteiger partial charge in [0.2, 0.25) is 0 Å². The summed E-state index contributed by atoms with van der Waals surface area (Å²) in [4.78, 5) is 29.8. The predicted molar refractivity (Wildman–Crippen MR) is 138 cm³/mol. The van der Waals surface area contributed by atoms with Crippen LogP contribution in [0.4, 0.5) is 5.82 Å². The number of aromatic nitrogens is 2. The van der Waals surface area contributed by atoms with Crippen molar-refractivity contribution < 1.29 is 9.53 Å². The van der Waals surface area contributed by atoms with Gasteiger partial charge in [-0.15, -0.1) is 11.3 Å². The molecule has 0 N–H and O–H groups in total. The van der Waals surface area contributed by atoms with Crippen LogP contribution in [0, 0.1) is 0 Å². The number of benzene rings is 1. The second kappa shape index (κ2) is 10.7. The largest absolute Gasteiger partial charge is 0.484 e. The SMILES string of the molecule is CCCCc1nc(N2CCN(C(=O)COc3ccccc3)CC2)c2c3c(sc2n1)CCCCC3. The fourth-order valence-electron chi connectivity index (χ4n) is 4.95. The number of para-hydroxylation sites is 1. The van der Waals surface area contributed by atoms with Gasteiger partial charge in [-0.2, -0.15) is 0 Å². The highest BCUT2D eigenvalue weighted by Crippen LogP contribution is 2.39. The average Bonchev–Trinajstić information content (AvgIpc) is 3.06. The Kier molecular flexibility index (Phi) is 7.28. The van der Waals surface area contributed by atoms with Gasteiger partial charge in [-0.25, -0.2) is 9.97 Å². The number of aryl methyl sites for hydroxylation is 3. The Morgan fingerprint density at radius 1 is 1.03 bits per heavy atom. The Morgan fingerprint density at radius 2 is 1.82 bits per heavy atom. The number of carbonyl (C=O) groups excluding carboxylic acids is 1. The number of amides is 1. The molecule has 5 rings (SSSR count). The molecule has 2 aromatic heterocycles. The van der Waals surface area contributed by atoms with Gasteiger partial charge in [0.1, 0.15) is 22.2 Å². The van der Waals surface area contributed by atoms with Crippen LogP contribution >= 0.6 is 11.3 Å². The van der Waals surface area contributed by atoms with Crippen LogP contribution in [0.25, 0.3) is 10.2 Å². The monoisotopic (exact) mass is 478 g/mol. The van der Waals surface area contributed by atoms with E-state index in [0.29, 0.717) is 13.1 Å². The van der Waals surface area contributed by atoms with E-state index in [1.54, 1.807) is 0 Å². The van der Waals surface area contributed by atoms with E-state index in [4.69, 9.17) is 14.7 Å². The summed E-state index contributed by atoms with van der Waals surface area (Å²) in [7, 11) is 0. The molecule has 7 heteroatoms. The van der Waals surface area contributed by atoms with E-state index in [0.717, 1.165) is 61.0 Å². The molecule has 1 aliphatic carbocycles. The van der Waals surface area contributed by atoms with E-state index in [1.165, 1.54) is 41.5 Å². The lowest BCUT2D eigenvalue weighted by Gasteiger charge is -2.36. The van der Waals surface area contributed by atoms with Crippen molar-refractivity contribution in [1.29, 1.82) is 0 Å². The molecule has 34 heavy (non-hydrogen) atoms. The van der Waals surface area contributed by atoms with Gasteiger partial charge in [0.25, 0.3) is 5.91 Å². The van der Waals surface area contributed by atoms with Crippen LogP contribution in [-0.4, -0.2) is 53.6 Å². The van der Waals surface area contributed by atoms with Crippen molar-refractivity contribution in [3.63, 3.8) is 0 Å². The highest BCUT2D eigenvalue weighted by Gasteiger charge is 2.27. The topological polar surface area (TPSA) is 58.6 Å². The number of thiophene rings is 1. The molecule has 0 radical (unpaired) electrons. The number of anilines is 1. The van der Waals surface area contributed by atoms with Crippen LogP contribution in [0.15, 0.2) is 30.3 Å². The van der Waals surface area contributed by atoms with Crippen molar-refractivity contribution >= 4 is 33.3 Å². The zero-order valence-corrected chi connectivity index (χ0v) is 20.9. The number of rotatable bonds is 7. The molecular formula is C27H34N4O2S. The van der Waals surface area contributed by atoms with Gasteiger partial charge < -0.3 is 14.5 Å². The van der Waals surface area contributed by atoms with Crippen LogP contribution in [0.3, 0.4) is 0 Å². The zero-order valence-electron chi connectivity index (χ0n) is 20.1. The summed E-state index contributed by atoms with van der Waals surface area (Å²) in [5.74, 6) is 2.85. The molecule has 3 aromatic rings. The van der Waals surface area contributed by atoms with Crippen molar-refractivity contribution in [2.45, 2.75) is 58.3 Å². The molecule has 3 heterocycles. The maximum absolute atomic E-state index is 12.7. The van der Waals surface area contributed by atoms with Crippen LogP contribution in [0.1, 0.15) is 55.3 Å². The number of fused-ring (bicyclic) bond motifs is 3. The lowest BCUT2D eigenvalue weighted by molar-refractivity contribution is -0.133. The van der Waals surface area contributed by atoms with E-state index >= 15 is 0 Å². The molecule has 1 saturated heterocycles. The lowest BCUT2D eigenvalue weighted by Crippen LogP contribution is -2.50. The third-order valence-corrected chi connectivity index (χ3v) is 8.07. The van der Waals surface area contributed by atoms with E-state index in [2.05, 4.69) is 11.8 Å². The number of carbonyl (C=O) groups is 1. The Hall–Kier alpha value is -2.67. The van der Waals surface area contributed by atoms with Crippen molar-refractivity contribution in [1.82, 2.24) is 14.9 Å². The molecule has 0 spiro atoms. The molecular weight excluding hydrogens is 444 g/mol. The van der Waals surface area contributed by atoms with Crippen molar-refractivity contribution in [3.05, 3.63) is 46.6 Å². The van der Waals surface area contributed by atoms with Gasteiger partial charge in [0, 0.05) is 37.5 Å². The van der Waals surface area contributed by atoms with Gasteiger partial charge in [0.05, 0.1) is 5.39 Å². The van der Waals surface area contributed by atoms with Gasteiger partial charge in [-0.1, -0.05) is 38.0 Å². The first kappa shape index (κ1) is 23.1. The van der Waals surface area contributed by atoms with Gasteiger partial charge in [-0.05, 0) is 49.8 Å². The molecule has 1 amide bonds. The third kappa shape index (κ3) is 5.04. The minimum atomic E-state index is 0.0457. The first-order valence-electron chi connectivity index (χ1n) is 12.7. The number of ether oxygens (including phenoxy) is 1. The first-order valence-corrected chi connectivity index (χ1v) is 13.6. The molecule has 0 bridgehead atoms. The summed E-state index contributed by atoms with van der Waals surface area (Å²) in [6.45, 7) is 5.27. The Morgan fingerprint density at radius 3 is 2.62 bits per heavy atom. The third-order valence-electron chi connectivity index (χ3n) is 6.88. The zero-order chi connectivity index (χ0) is 23.3. The van der Waals surface area contributed by atoms with E-state index in [9.17, 15) is 4.79 Å². The summed E-state index contributed by atoms with van der Waals surface area (Å²) >= 11 is 1.89. The minimum absolute atomic E-state index is 0.0457. The average molecular weight is 479 g/mol. The molecule has 180 valence electrons. The molecule has 2 aliphatic rings. The molecule has 0 atom stereocenters. The summed E-state index contributed by atoms with van der Waals surface area (Å²) in [5, 5.41) is 1.29. The summed E-state index contributed by atoms with van der Waals surface area (Å²) < 4.78 is 5.68. The minimum Gasteiger partial charge on any atom is -0.484 e. The summed E-state index contributed by atoms with van der Waals surface area (Å²) in [6.07, 6.45) is 9.32. The first-order chi connectivity index (χ1) is 16.7. The normalized spacial score (nSPS) is 16.4. The maximum Gasteiger partial charge on any atom is 0.260 e. The molecule has 1 aliphatic heterocycles. The van der Waals surface area contributed by atoms with Gasteiger partial charge in [-0.3, -0.25) is 4.79 Å². The molecule has 1 aromatic carbocycles. The van der Waals surface area contributed by atoms with Crippen LogP contribution < -0.4 is 9.64 Å². The predicted octanol–water partition coefficient (Wildman–Crippen LogP) is 5.03. The lowest BCUT2D eigenvalue weighted by atomic mass is 10.1. The highest BCUT2D eigenvalue weighted by molar-refractivity contribution is 7.19. The Bertz CT molecular complexity index is 1120. The fourth-order valence-corrected chi connectivity index (χ4v) is 6.23. The van der Waals surface area contributed by atoms with E-state index in [1.807, 2.05) is 46.6 Å². The molecule has 6 nitrogen and oxygen atoms in total. The quantitative estimate of drug-likeness (QED) is 0.446.